The molecule has 5 heteroatoms. The monoisotopic (exact) mass is 276 g/mol. The second-order valence-electron chi connectivity index (χ2n) is 4.45. The molecular weight excluding hydrogens is 256 g/mol. The van der Waals surface area contributed by atoms with Crippen LogP contribution in [0.3, 0.4) is 0 Å². The van der Waals surface area contributed by atoms with Gasteiger partial charge in [0.1, 0.15) is 0 Å². The van der Waals surface area contributed by atoms with Crippen LogP contribution in [0.2, 0.25) is 0 Å². The van der Waals surface area contributed by atoms with Crippen LogP contribution in [0.25, 0.3) is 0 Å². The zero-order valence-corrected chi connectivity index (χ0v) is 12.5. The van der Waals surface area contributed by atoms with Crippen LogP contribution < -0.4 is 0 Å². The summed E-state index contributed by atoms with van der Waals surface area (Å²) in [5.74, 6) is 0. The van der Waals surface area contributed by atoms with Crippen molar-refractivity contribution in [3.8, 4) is 0 Å². The molecule has 0 aliphatic carbocycles. The molecule has 2 aromatic rings. The summed E-state index contributed by atoms with van der Waals surface area (Å²) in [6, 6.07) is 10.6. The molecule has 0 atom stereocenters. The van der Waals surface area contributed by atoms with Gasteiger partial charge in [0.05, 0.1) is 0 Å². The van der Waals surface area contributed by atoms with E-state index in [9.17, 15) is 0 Å². The first-order chi connectivity index (χ1) is 9.25. The topological polar surface area (TPSA) is 43.6 Å². The van der Waals surface area contributed by atoms with Crippen molar-refractivity contribution in [2.75, 3.05) is 0 Å². The maximum Gasteiger partial charge on any atom is 0.210 e. The van der Waals surface area contributed by atoms with E-state index in [1.165, 1.54) is 5.56 Å². The summed E-state index contributed by atoms with van der Waals surface area (Å²) < 4.78 is 1.90. The maximum absolute atomic E-state index is 4.16. The highest BCUT2D eigenvalue weighted by Gasteiger charge is 2.31. The zero-order valence-electron chi connectivity index (χ0n) is 11.7. The third-order valence-corrected chi connectivity index (χ3v) is 5.21. The van der Waals surface area contributed by atoms with Gasteiger partial charge < -0.3 is 0 Å². The van der Waals surface area contributed by atoms with E-state index in [2.05, 4.69) is 66.6 Å². The molecule has 0 radical (unpaired) electrons. The van der Waals surface area contributed by atoms with Gasteiger partial charge in [-0.25, -0.2) is 4.68 Å². The Morgan fingerprint density at radius 3 is 2.37 bits per heavy atom. The predicted molar refractivity (Wildman–Crippen MR) is 78.1 cm³/mol. The predicted octanol–water partition coefficient (Wildman–Crippen LogP) is 3.50. The number of aromatic nitrogens is 4. The number of benzene rings is 1. The van der Waals surface area contributed by atoms with Crippen LogP contribution in [0, 0.1) is 0 Å². The van der Waals surface area contributed by atoms with Gasteiger partial charge in [-0.3, -0.25) is 0 Å². The molecule has 0 bridgehead atoms. The molecule has 0 saturated carbocycles. The Balaban J connectivity index is 2.35. The van der Waals surface area contributed by atoms with E-state index in [0.717, 1.165) is 24.5 Å². The molecule has 1 aromatic carbocycles. The quantitative estimate of drug-likeness (QED) is 0.757. The van der Waals surface area contributed by atoms with Gasteiger partial charge >= 0.3 is 0 Å². The second kappa shape index (κ2) is 6.19. The summed E-state index contributed by atoms with van der Waals surface area (Å²) in [5.41, 5.74) is 1.34. The number of rotatable bonds is 6. The van der Waals surface area contributed by atoms with Gasteiger partial charge in [0, 0.05) is 11.3 Å². The van der Waals surface area contributed by atoms with Crippen LogP contribution in [0.4, 0.5) is 0 Å². The van der Waals surface area contributed by atoms with Crippen LogP contribution in [0.15, 0.2) is 35.5 Å². The lowest BCUT2D eigenvalue weighted by Crippen LogP contribution is -2.21. The Labute approximate surface area is 118 Å². The minimum Gasteiger partial charge on any atom is -0.221 e. The van der Waals surface area contributed by atoms with Crippen molar-refractivity contribution in [3.05, 3.63) is 35.9 Å². The first-order valence-corrected chi connectivity index (χ1v) is 7.58. The fourth-order valence-electron chi connectivity index (χ4n) is 2.25. The van der Waals surface area contributed by atoms with E-state index in [4.69, 9.17) is 0 Å². The van der Waals surface area contributed by atoms with E-state index in [0.29, 0.717) is 0 Å². The maximum atomic E-state index is 4.16. The normalized spacial score (nSPS) is 11.7. The molecule has 0 aliphatic heterocycles. The number of thioether (sulfide) groups is 1. The van der Waals surface area contributed by atoms with E-state index in [1.54, 1.807) is 11.8 Å². The Bertz CT molecular complexity index is 505. The molecule has 0 saturated heterocycles. The lowest BCUT2D eigenvalue weighted by molar-refractivity contribution is 0.554. The van der Waals surface area contributed by atoms with Gasteiger partial charge in [-0.1, -0.05) is 55.9 Å². The Morgan fingerprint density at radius 1 is 1.11 bits per heavy atom. The smallest absolute Gasteiger partial charge is 0.210 e. The SMILES string of the molecule is CCn1nnnc1SC(CC)(CC)c1ccccc1. The Kier molecular flexibility index (Phi) is 4.58. The van der Waals surface area contributed by atoms with Crippen molar-refractivity contribution < 1.29 is 0 Å². The number of hydrogen-bond acceptors (Lipinski definition) is 4. The van der Waals surface area contributed by atoms with Crippen LogP contribution >= 0.6 is 11.8 Å². The van der Waals surface area contributed by atoms with Crippen molar-refractivity contribution >= 4 is 11.8 Å². The largest absolute Gasteiger partial charge is 0.221 e. The fraction of sp³-hybridized carbons (Fsp3) is 0.500. The van der Waals surface area contributed by atoms with E-state index >= 15 is 0 Å². The molecule has 2 rings (SSSR count). The average molecular weight is 276 g/mol. The summed E-state index contributed by atoms with van der Waals surface area (Å²) in [7, 11) is 0. The molecule has 102 valence electrons. The molecule has 0 unspecified atom stereocenters. The number of tetrazole rings is 1. The van der Waals surface area contributed by atoms with Gasteiger partial charge in [-0.15, -0.1) is 5.10 Å². The average Bonchev–Trinajstić information content (AvgIpc) is 2.93. The second-order valence-corrected chi connectivity index (χ2v) is 5.80. The lowest BCUT2D eigenvalue weighted by atomic mass is 9.93. The molecular formula is C14H20N4S. The highest BCUT2D eigenvalue weighted by atomic mass is 32.2. The summed E-state index contributed by atoms with van der Waals surface area (Å²) in [6.07, 6.45) is 2.10. The highest BCUT2D eigenvalue weighted by Crippen LogP contribution is 2.45. The summed E-state index contributed by atoms with van der Waals surface area (Å²) in [5, 5.41) is 12.9. The van der Waals surface area contributed by atoms with Gasteiger partial charge in [0.2, 0.25) is 5.16 Å². The molecule has 0 spiro atoms. The highest BCUT2D eigenvalue weighted by molar-refractivity contribution is 8.00. The Hall–Kier alpha value is -1.36. The number of hydrogen-bond donors (Lipinski definition) is 0. The molecule has 0 fully saturated rings. The molecule has 0 amide bonds. The van der Waals surface area contributed by atoms with Gasteiger partial charge in [0.15, 0.2) is 0 Å². The van der Waals surface area contributed by atoms with Gasteiger partial charge in [-0.2, -0.15) is 0 Å². The van der Waals surface area contributed by atoms with Crippen LogP contribution in [0.5, 0.6) is 0 Å². The van der Waals surface area contributed by atoms with Crippen molar-refractivity contribution in [3.63, 3.8) is 0 Å². The molecule has 1 aromatic heterocycles. The van der Waals surface area contributed by atoms with Gasteiger partial charge in [0.25, 0.3) is 0 Å². The summed E-state index contributed by atoms with van der Waals surface area (Å²) in [4.78, 5) is 0. The zero-order chi connectivity index (χ0) is 13.7. The molecule has 0 N–H and O–H groups in total. The molecule has 19 heavy (non-hydrogen) atoms. The van der Waals surface area contributed by atoms with Crippen molar-refractivity contribution in [2.45, 2.75) is 50.1 Å². The van der Waals surface area contributed by atoms with Crippen molar-refractivity contribution in [1.82, 2.24) is 20.2 Å². The van der Waals surface area contributed by atoms with Crippen molar-refractivity contribution in [2.24, 2.45) is 0 Å². The van der Waals surface area contributed by atoms with Crippen LogP contribution in [0.1, 0.15) is 39.2 Å². The first-order valence-electron chi connectivity index (χ1n) is 6.76. The number of aryl methyl sites for hydroxylation is 1. The molecule has 4 nitrogen and oxygen atoms in total. The first kappa shape index (κ1) is 14.1. The van der Waals surface area contributed by atoms with Crippen molar-refractivity contribution in [1.29, 1.82) is 0 Å². The minimum atomic E-state index is 0.0445. The summed E-state index contributed by atoms with van der Waals surface area (Å²) in [6.45, 7) is 7.31. The number of nitrogens with zero attached hydrogens (tertiary/aromatic N) is 4. The standard InChI is InChI=1S/C14H20N4S/c1-4-14(5-2,12-10-8-7-9-11-12)19-13-15-16-17-18(13)6-3/h7-11H,4-6H2,1-3H3. The molecule has 1 heterocycles. The van der Waals surface area contributed by atoms with Gasteiger partial charge in [-0.05, 0) is 35.8 Å². The van der Waals surface area contributed by atoms with Crippen LogP contribution in [-0.2, 0) is 11.3 Å². The van der Waals surface area contributed by atoms with E-state index in [-0.39, 0.29) is 4.75 Å². The van der Waals surface area contributed by atoms with E-state index < -0.39 is 0 Å². The molecule has 0 aliphatic rings. The third kappa shape index (κ3) is 2.81. The van der Waals surface area contributed by atoms with E-state index in [1.807, 2.05) is 4.68 Å². The summed E-state index contributed by atoms with van der Waals surface area (Å²) >= 11 is 1.77. The lowest BCUT2D eigenvalue weighted by Gasteiger charge is -2.30. The Morgan fingerprint density at radius 2 is 1.79 bits per heavy atom. The minimum absolute atomic E-state index is 0.0445. The third-order valence-electron chi connectivity index (χ3n) is 3.53. The van der Waals surface area contributed by atoms with Crippen LogP contribution in [-0.4, -0.2) is 20.2 Å². The fourth-order valence-corrected chi connectivity index (χ4v) is 3.49.